The van der Waals surface area contributed by atoms with Crippen LogP contribution in [0.2, 0.25) is 0 Å². The van der Waals surface area contributed by atoms with Crippen LogP contribution in [-0.2, 0) is 22.4 Å². The van der Waals surface area contributed by atoms with Crippen molar-refractivity contribution < 1.29 is 19.4 Å². The molecule has 0 saturated heterocycles. The normalized spacial score (nSPS) is 10.8. The first-order chi connectivity index (χ1) is 14.0. The maximum atomic E-state index is 12.5. The van der Waals surface area contributed by atoms with Crippen LogP contribution in [0.3, 0.4) is 0 Å². The van der Waals surface area contributed by atoms with Gasteiger partial charge in [0.2, 0.25) is 0 Å². The van der Waals surface area contributed by atoms with Crippen LogP contribution in [0.1, 0.15) is 41.4 Å². The van der Waals surface area contributed by atoms with Crippen LogP contribution in [0.5, 0.6) is 5.75 Å². The lowest BCUT2D eigenvalue weighted by molar-refractivity contribution is -0.143. The largest absolute Gasteiger partial charge is 0.504 e. The number of Topliss-reactive ketones (excluding diaryl/α,β-unsaturated/α-hetero) is 1. The fourth-order valence-corrected chi connectivity index (χ4v) is 3.63. The molecule has 29 heavy (non-hydrogen) atoms. The van der Waals surface area contributed by atoms with Gasteiger partial charge in [-0.1, -0.05) is 42.5 Å². The average Bonchev–Trinajstić information content (AvgIpc) is 2.74. The lowest BCUT2D eigenvalue weighted by atomic mass is 10.0. The number of ketones is 1. The van der Waals surface area contributed by atoms with E-state index in [4.69, 9.17) is 4.74 Å². The Morgan fingerprint density at radius 1 is 1.03 bits per heavy atom. The number of rotatable bonds is 8. The summed E-state index contributed by atoms with van der Waals surface area (Å²) in [5.41, 5.74) is 2.94. The first-order valence-electron chi connectivity index (χ1n) is 9.53. The first kappa shape index (κ1) is 21.0. The zero-order chi connectivity index (χ0) is 20.8. The van der Waals surface area contributed by atoms with Gasteiger partial charge < -0.3 is 9.84 Å². The molecule has 3 rings (SSSR count). The van der Waals surface area contributed by atoms with Gasteiger partial charge >= 0.3 is 5.97 Å². The highest BCUT2D eigenvalue weighted by Gasteiger charge is 2.20. The topological polar surface area (TPSA) is 76.5 Å². The highest BCUT2D eigenvalue weighted by Crippen LogP contribution is 2.35. The second-order valence-electron chi connectivity index (χ2n) is 6.69. The Morgan fingerprint density at radius 2 is 1.76 bits per heavy atom. The van der Waals surface area contributed by atoms with Gasteiger partial charge in [0.25, 0.3) is 0 Å². The van der Waals surface area contributed by atoms with Gasteiger partial charge in [0, 0.05) is 11.8 Å². The van der Waals surface area contributed by atoms with E-state index in [0.717, 1.165) is 23.8 Å². The number of esters is 1. The fourth-order valence-electron chi connectivity index (χ4n) is 3.11. The summed E-state index contributed by atoms with van der Waals surface area (Å²) in [6.45, 7) is 1.98. The number of aryl methyl sites for hydroxylation is 2. The summed E-state index contributed by atoms with van der Waals surface area (Å²) < 4.78 is 5.28. The summed E-state index contributed by atoms with van der Waals surface area (Å²) in [4.78, 5) is 28.4. The van der Waals surface area contributed by atoms with Crippen molar-refractivity contribution in [1.29, 1.82) is 0 Å². The summed E-state index contributed by atoms with van der Waals surface area (Å²) in [5, 5.41) is 11.1. The molecule has 0 atom stereocenters. The number of benzene rings is 2. The predicted octanol–water partition coefficient (Wildman–Crippen LogP) is 5.01. The molecule has 1 heterocycles. The number of fused-ring (bicyclic) bond motifs is 1. The molecular formula is C23H22BrNO4. The molecule has 1 N–H and O–H groups in total. The molecule has 0 spiro atoms. The maximum absolute atomic E-state index is 12.5. The molecule has 0 aliphatic carbocycles. The van der Waals surface area contributed by atoms with Crippen LogP contribution in [0.15, 0.2) is 53.0 Å². The SMILES string of the molecule is CCOC(=O)CCC(=O)c1nc2cc(CCc3ccccc3)ccc2c(Br)c1O. The standard InChI is InChI=1S/C23H22BrNO4/c1-2-29-20(27)13-12-19(26)22-23(28)21(24)17-11-10-16(14-18(17)25-22)9-8-15-6-4-3-5-7-15/h3-7,10-11,14,28H,2,8-9,12-13H2,1H3. The van der Waals surface area contributed by atoms with E-state index in [0.29, 0.717) is 9.99 Å². The van der Waals surface area contributed by atoms with Crippen LogP contribution in [0.4, 0.5) is 0 Å². The Balaban J connectivity index is 1.82. The number of carbonyl (C=O) groups is 2. The van der Waals surface area contributed by atoms with Crippen LogP contribution in [0, 0.1) is 0 Å². The first-order valence-corrected chi connectivity index (χ1v) is 10.3. The van der Waals surface area contributed by atoms with Crippen molar-refractivity contribution in [1.82, 2.24) is 4.98 Å². The molecule has 150 valence electrons. The monoisotopic (exact) mass is 455 g/mol. The summed E-state index contributed by atoms with van der Waals surface area (Å²) in [6.07, 6.45) is 1.63. The van der Waals surface area contributed by atoms with Crippen LogP contribution in [0.25, 0.3) is 10.9 Å². The third kappa shape index (κ3) is 5.21. The van der Waals surface area contributed by atoms with Crippen molar-refractivity contribution in [3.8, 4) is 5.75 Å². The molecule has 0 amide bonds. The minimum atomic E-state index is -0.441. The summed E-state index contributed by atoms with van der Waals surface area (Å²) in [5.74, 6) is -1.04. The Bertz CT molecular complexity index is 1030. The van der Waals surface area contributed by atoms with Crippen LogP contribution in [-0.4, -0.2) is 28.4 Å². The van der Waals surface area contributed by atoms with E-state index in [1.807, 2.05) is 36.4 Å². The van der Waals surface area contributed by atoms with E-state index in [9.17, 15) is 14.7 Å². The molecule has 6 heteroatoms. The number of aromatic nitrogens is 1. The predicted molar refractivity (Wildman–Crippen MR) is 115 cm³/mol. The fraction of sp³-hybridized carbons (Fsp3) is 0.261. The van der Waals surface area contributed by atoms with E-state index in [-0.39, 0.29) is 30.9 Å². The van der Waals surface area contributed by atoms with Crippen LogP contribution < -0.4 is 0 Å². The number of halogens is 1. The van der Waals surface area contributed by atoms with Gasteiger partial charge in [-0.05, 0) is 52.9 Å². The molecule has 3 aromatic rings. The van der Waals surface area contributed by atoms with E-state index < -0.39 is 11.8 Å². The smallest absolute Gasteiger partial charge is 0.306 e. The molecule has 2 aromatic carbocycles. The minimum Gasteiger partial charge on any atom is -0.504 e. The van der Waals surface area contributed by atoms with Gasteiger partial charge in [-0.3, -0.25) is 9.59 Å². The van der Waals surface area contributed by atoms with Gasteiger partial charge in [-0.15, -0.1) is 0 Å². The van der Waals surface area contributed by atoms with Gasteiger partial charge in [0.05, 0.1) is 23.0 Å². The molecule has 0 aliphatic heterocycles. The van der Waals surface area contributed by atoms with Crippen molar-refractivity contribution in [3.05, 3.63) is 69.8 Å². The molecule has 0 unspecified atom stereocenters. The highest BCUT2D eigenvalue weighted by molar-refractivity contribution is 9.10. The average molecular weight is 456 g/mol. The molecule has 1 aromatic heterocycles. The molecular weight excluding hydrogens is 434 g/mol. The van der Waals surface area contributed by atoms with E-state index in [1.54, 1.807) is 6.92 Å². The summed E-state index contributed by atoms with van der Waals surface area (Å²) in [7, 11) is 0. The number of aromatic hydroxyl groups is 1. The van der Waals surface area contributed by atoms with Crippen LogP contribution >= 0.6 is 15.9 Å². The minimum absolute atomic E-state index is 0.0334. The second-order valence-corrected chi connectivity index (χ2v) is 7.48. The highest BCUT2D eigenvalue weighted by atomic mass is 79.9. The molecule has 0 aliphatic rings. The number of hydrogen-bond acceptors (Lipinski definition) is 5. The van der Waals surface area contributed by atoms with E-state index in [2.05, 4.69) is 33.0 Å². The van der Waals surface area contributed by atoms with E-state index >= 15 is 0 Å². The zero-order valence-electron chi connectivity index (χ0n) is 16.2. The molecule has 0 saturated carbocycles. The molecule has 5 nitrogen and oxygen atoms in total. The van der Waals surface area contributed by atoms with Gasteiger partial charge in [-0.2, -0.15) is 0 Å². The lowest BCUT2D eigenvalue weighted by Crippen LogP contribution is -2.09. The van der Waals surface area contributed by atoms with Crippen molar-refractivity contribution in [2.45, 2.75) is 32.6 Å². The van der Waals surface area contributed by atoms with Crippen molar-refractivity contribution >= 4 is 38.6 Å². The quantitative estimate of drug-likeness (QED) is 0.381. The van der Waals surface area contributed by atoms with Gasteiger partial charge in [0.15, 0.2) is 11.5 Å². The number of ether oxygens (including phenoxy) is 1. The third-order valence-corrected chi connectivity index (χ3v) is 5.44. The number of hydrogen-bond donors (Lipinski definition) is 1. The van der Waals surface area contributed by atoms with Gasteiger partial charge in [0.1, 0.15) is 5.69 Å². The molecule has 0 fully saturated rings. The Hall–Kier alpha value is -2.73. The maximum Gasteiger partial charge on any atom is 0.306 e. The van der Waals surface area contributed by atoms with Crippen molar-refractivity contribution in [2.24, 2.45) is 0 Å². The van der Waals surface area contributed by atoms with E-state index in [1.165, 1.54) is 5.56 Å². The number of pyridine rings is 1. The number of nitrogens with zero attached hydrogens (tertiary/aromatic N) is 1. The van der Waals surface area contributed by atoms with Gasteiger partial charge in [-0.25, -0.2) is 4.98 Å². The number of carbonyl (C=O) groups excluding carboxylic acids is 2. The Morgan fingerprint density at radius 3 is 2.48 bits per heavy atom. The molecule has 0 bridgehead atoms. The molecule has 0 radical (unpaired) electrons. The second kappa shape index (κ2) is 9.65. The summed E-state index contributed by atoms with van der Waals surface area (Å²) >= 11 is 3.37. The lowest BCUT2D eigenvalue weighted by Gasteiger charge is -2.10. The Kier molecular flexibility index (Phi) is 6.99. The Labute approximate surface area is 177 Å². The zero-order valence-corrected chi connectivity index (χ0v) is 17.7. The van der Waals surface area contributed by atoms with Crippen molar-refractivity contribution in [3.63, 3.8) is 0 Å². The summed E-state index contributed by atoms with van der Waals surface area (Å²) in [6, 6.07) is 16.0. The van der Waals surface area contributed by atoms with Crippen molar-refractivity contribution in [2.75, 3.05) is 6.61 Å². The third-order valence-electron chi connectivity index (χ3n) is 4.63.